The average molecular weight is 291 g/mol. The summed E-state index contributed by atoms with van der Waals surface area (Å²) in [6, 6.07) is 2.13. The molecule has 2 rings (SSSR count). The molecular weight excluding hydrogens is 262 g/mol. The van der Waals surface area contributed by atoms with Gasteiger partial charge < -0.3 is 15.0 Å². The molecule has 4 heteroatoms. The molecule has 4 nitrogen and oxygen atoms in total. The monoisotopic (exact) mass is 291 g/mol. The van der Waals surface area contributed by atoms with E-state index in [1.54, 1.807) is 0 Å². The Kier molecular flexibility index (Phi) is 7.36. The second-order valence-corrected chi connectivity index (χ2v) is 5.73. The van der Waals surface area contributed by atoms with E-state index in [1.165, 1.54) is 37.8 Å². The molecule has 1 aromatic heterocycles. The van der Waals surface area contributed by atoms with Crippen LogP contribution in [-0.4, -0.2) is 37.8 Å². The van der Waals surface area contributed by atoms with Crippen LogP contribution in [-0.2, 0) is 0 Å². The third kappa shape index (κ3) is 5.92. The summed E-state index contributed by atoms with van der Waals surface area (Å²) in [6.45, 7) is 7.33. The van der Waals surface area contributed by atoms with Gasteiger partial charge in [0.05, 0.1) is 24.7 Å². The SMILES string of the molecule is CCCCCCCOc1cncc(N2CCCNCC2)c1. The van der Waals surface area contributed by atoms with Crippen LogP contribution in [0.4, 0.5) is 5.69 Å². The number of rotatable bonds is 8. The van der Waals surface area contributed by atoms with Crippen LogP contribution in [0, 0.1) is 0 Å². The lowest BCUT2D eigenvalue weighted by Crippen LogP contribution is -2.27. The average Bonchev–Trinajstić information content (AvgIpc) is 2.80. The number of hydrogen-bond acceptors (Lipinski definition) is 4. The van der Waals surface area contributed by atoms with E-state index in [4.69, 9.17) is 4.74 Å². The summed E-state index contributed by atoms with van der Waals surface area (Å²) < 4.78 is 5.84. The molecule has 1 N–H and O–H groups in total. The minimum Gasteiger partial charge on any atom is -0.492 e. The molecule has 0 unspecified atom stereocenters. The highest BCUT2D eigenvalue weighted by Gasteiger charge is 2.10. The van der Waals surface area contributed by atoms with Crippen LogP contribution in [0.15, 0.2) is 18.5 Å². The predicted molar refractivity (Wildman–Crippen MR) is 88.2 cm³/mol. The fourth-order valence-electron chi connectivity index (χ4n) is 2.66. The highest BCUT2D eigenvalue weighted by molar-refractivity contribution is 5.48. The van der Waals surface area contributed by atoms with Crippen molar-refractivity contribution in [3.63, 3.8) is 0 Å². The zero-order valence-corrected chi connectivity index (χ0v) is 13.3. The van der Waals surface area contributed by atoms with Crippen molar-refractivity contribution in [1.82, 2.24) is 10.3 Å². The van der Waals surface area contributed by atoms with Crippen LogP contribution in [0.5, 0.6) is 5.75 Å². The quantitative estimate of drug-likeness (QED) is 0.746. The van der Waals surface area contributed by atoms with Gasteiger partial charge in [0, 0.05) is 25.7 Å². The van der Waals surface area contributed by atoms with Crippen molar-refractivity contribution in [1.29, 1.82) is 0 Å². The van der Waals surface area contributed by atoms with Gasteiger partial charge in [0.2, 0.25) is 0 Å². The molecule has 21 heavy (non-hydrogen) atoms. The molecule has 1 saturated heterocycles. The standard InChI is InChI=1S/C17H29N3O/c1-2-3-4-5-6-12-21-17-13-16(14-19-15-17)20-10-7-8-18-9-11-20/h13-15,18H,2-12H2,1H3. The van der Waals surface area contributed by atoms with E-state index >= 15 is 0 Å². The molecule has 0 saturated carbocycles. The fourth-order valence-corrected chi connectivity index (χ4v) is 2.66. The Morgan fingerprint density at radius 1 is 1.14 bits per heavy atom. The van der Waals surface area contributed by atoms with Gasteiger partial charge in [-0.3, -0.25) is 4.98 Å². The van der Waals surface area contributed by atoms with Gasteiger partial charge in [-0.25, -0.2) is 0 Å². The maximum atomic E-state index is 5.84. The number of nitrogens with zero attached hydrogens (tertiary/aromatic N) is 2. The first-order valence-corrected chi connectivity index (χ1v) is 8.43. The molecule has 1 aromatic rings. The van der Waals surface area contributed by atoms with Gasteiger partial charge in [-0.1, -0.05) is 32.6 Å². The molecule has 1 aliphatic heterocycles. The Labute approximate surface area is 128 Å². The number of pyridine rings is 1. The van der Waals surface area contributed by atoms with E-state index in [9.17, 15) is 0 Å². The first-order valence-electron chi connectivity index (χ1n) is 8.43. The van der Waals surface area contributed by atoms with Crippen LogP contribution in [0.3, 0.4) is 0 Å². The lowest BCUT2D eigenvalue weighted by Gasteiger charge is -2.22. The van der Waals surface area contributed by atoms with Crippen LogP contribution < -0.4 is 15.0 Å². The fraction of sp³-hybridized carbons (Fsp3) is 0.706. The second-order valence-electron chi connectivity index (χ2n) is 5.73. The second kappa shape index (κ2) is 9.61. The molecule has 0 aromatic carbocycles. The number of aromatic nitrogens is 1. The Morgan fingerprint density at radius 3 is 2.95 bits per heavy atom. The summed E-state index contributed by atoms with van der Waals surface area (Å²) in [5.74, 6) is 0.903. The van der Waals surface area contributed by atoms with Gasteiger partial charge in [0.1, 0.15) is 5.75 Å². The maximum absolute atomic E-state index is 5.84. The number of ether oxygens (including phenoxy) is 1. The predicted octanol–water partition coefficient (Wildman–Crippen LogP) is 3.23. The molecule has 2 heterocycles. The minimum absolute atomic E-state index is 0.802. The lowest BCUT2D eigenvalue weighted by atomic mass is 10.2. The molecule has 0 radical (unpaired) electrons. The molecule has 0 amide bonds. The summed E-state index contributed by atoms with van der Waals surface area (Å²) in [5.41, 5.74) is 1.18. The van der Waals surface area contributed by atoms with Crippen molar-refractivity contribution < 1.29 is 4.74 Å². The summed E-state index contributed by atoms with van der Waals surface area (Å²) in [4.78, 5) is 6.72. The largest absolute Gasteiger partial charge is 0.492 e. The van der Waals surface area contributed by atoms with E-state index in [0.29, 0.717) is 0 Å². The minimum atomic E-state index is 0.802. The molecular formula is C17H29N3O. The van der Waals surface area contributed by atoms with Crippen LogP contribution in [0.2, 0.25) is 0 Å². The van der Waals surface area contributed by atoms with Gasteiger partial charge in [-0.05, 0) is 19.4 Å². The van der Waals surface area contributed by atoms with Gasteiger partial charge in [0.25, 0.3) is 0 Å². The number of nitrogens with one attached hydrogen (secondary N) is 1. The maximum Gasteiger partial charge on any atom is 0.139 e. The summed E-state index contributed by atoms with van der Waals surface area (Å²) >= 11 is 0. The number of anilines is 1. The summed E-state index contributed by atoms with van der Waals surface area (Å²) in [6.07, 6.45) is 11.3. The van der Waals surface area contributed by atoms with Gasteiger partial charge in [-0.15, -0.1) is 0 Å². The van der Waals surface area contributed by atoms with E-state index in [-0.39, 0.29) is 0 Å². The van der Waals surface area contributed by atoms with Gasteiger partial charge >= 0.3 is 0 Å². The van der Waals surface area contributed by atoms with Crippen LogP contribution in [0.25, 0.3) is 0 Å². The highest BCUT2D eigenvalue weighted by Crippen LogP contribution is 2.20. The zero-order chi connectivity index (χ0) is 14.8. The normalized spacial score (nSPS) is 15.8. The Hall–Kier alpha value is -1.29. The van der Waals surface area contributed by atoms with E-state index < -0.39 is 0 Å². The van der Waals surface area contributed by atoms with E-state index in [0.717, 1.165) is 45.0 Å². The van der Waals surface area contributed by atoms with Crippen molar-refractivity contribution >= 4 is 5.69 Å². The molecule has 1 fully saturated rings. The molecule has 0 aliphatic carbocycles. The molecule has 118 valence electrons. The van der Waals surface area contributed by atoms with Crippen LogP contribution >= 0.6 is 0 Å². The van der Waals surface area contributed by atoms with Crippen molar-refractivity contribution in [2.75, 3.05) is 37.7 Å². The molecule has 0 spiro atoms. The first-order chi connectivity index (χ1) is 10.4. The van der Waals surface area contributed by atoms with Crippen molar-refractivity contribution in [3.05, 3.63) is 18.5 Å². The Morgan fingerprint density at radius 2 is 2.05 bits per heavy atom. The van der Waals surface area contributed by atoms with Crippen molar-refractivity contribution in [3.8, 4) is 5.75 Å². The first kappa shape index (κ1) is 16.1. The van der Waals surface area contributed by atoms with Crippen molar-refractivity contribution in [2.45, 2.75) is 45.4 Å². The van der Waals surface area contributed by atoms with Gasteiger partial charge in [0.15, 0.2) is 0 Å². The van der Waals surface area contributed by atoms with E-state index in [1.807, 2.05) is 12.4 Å². The number of unbranched alkanes of at least 4 members (excludes halogenated alkanes) is 4. The lowest BCUT2D eigenvalue weighted by molar-refractivity contribution is 0.303. The molecule has 0 atom stereocenters. The zero-order valence-electron chi connectivity index (χ0n) is 13.3. The van der Waals surface area contributed by atoms with Gasteiger partial charge in [-0.2, -0.15) is 0 Å². The van der Waals surface area contributed by atoms with E-state index in [2.05, 4.69) is 28.2 Å². The van der Waals surface area contributed by atoms with Crippen LogP contribution in [0.1, 0.15) is 45.4 Å². The smallest absolute Gasteiger partial charge is 0.139 e. The van der Waals surface area contributed by atoms with Crippen molar-refractivity contribution in [2.24, 2.45) is 0 Å². The Bertz CT molecular complexity index is 389. The third-order valence-corrected chi connectivity index (χ3v) is 3.92. The highest BCUT2D eigenvalue weighted by atomic mass is 16.5. The molecule has 1 aliphatic rings. The Balaban J connectivity index is 1.77. The third-order valence-electron chi connectivity index (χ3n) is 3.92. The summed E-state index contributed by atoms with van der Waals surface area (Å²) in [7, 11) is 0. The topological polar surface area (TPSA) is 37.4 Å². The summed E-state index contributed by atoms with van der Waals surface area (Å²) in [5, 5.41) is 3.43. The number of hydrogen-bond donors (Lipinski definition) is 1. The molecule has 0 bridgehead atoms.